The van der Waals surface area contributed by atoms with Crippen molar-refractivity contribution >= 4 is 17.9 Å². The van der Waals surface area contributed by atoms with Crippen LogP contribution in [-0.2, 0) is 4.79 Å². The summed E-state index contributed by atoms with van der Waals surface area (Å²) in [5.41, 5.74) is 0.847. The van der Waals surface area contributed by atoms with Crippen molar-refractivity contribution in [2.45, 2.75) is 13.8 Å². The normalized spacial score (nSPS) is 19.4. The average Bonchev–Trinajstić information content (AvgIpc) is 2.73. The van der Waals surface area contributed by atoms with Crippen molar-refractivity contribution < 1.29 is 9.59 Å². The number of hydrogen-bond donors (Lipinski definition) is 0. The molecule has 92 valence electrons. The van der Waals surface area contributed by atoms with E-state index in [0.717, 1.165) is 0 Å². The van der Waals surface area contributed by atoms with Crippen LogP contribution in [0.25, 0.3) is 0 Å². The fraction of sp³-hybridized carbons (Fsp3) is 0.214. The van der Waals surface area contributed by atoms with Gasteiger partial charge in [-0.25, -0.2) is 0 Å². The number of amides is 1. The van der Waals surface area contributed by atoms with Gasteiger partial charge in [-0.15, -0.1) is 0 Å². The molecule has 1 aromatic rings. The minimum atomic E-state index is -0.275. The molecule has 1 heterocycles. The van der Waals surface area contributed by atoms with Gasteiger partial charge in [0.1, 0.15) is 5.70 Å². The van der Waals surface area contributed by atoms with Gasteiger partial charge >= 0.3 is 0 Å². The van der Waals surface area contributed by atoms with Crippen LogP contribution in [0.4, 0.5) is 0 Å². The molecular formula is C14H14N2O2. The van der Waals surface area contributed by atoms with Crippen molar-refractivity contribution in [1.29, 1.82) is 0 Å². The maximum absolute atomic E-state index is 12.3. The zero-order valence-electron chi connectivity index (χ0n) is 10.3. The Labute approximate surface area is 106 Å². The monoisotopic (exact) mass is 242 g/mol. The second kappa shape index (κ2) is 4.96. The van der Waals surface area contributed by atoms with Crippen molar-refractivity contribution in [2.75, 3.05) is 0 Å². The van der Waals surface area contributed by atoms with Gasteiger partial charge in [0.05, 0.1) is 5.92 Å². The molecule has 2 rings (SSSR count). The Morgan fingerprint density at radius 1 is 1.33 bits per heavy atom. The zero-order chi connectivity index (χ0) is 13.1. The number of allylic oxidation sites excluding steroid dienone is 2. The minimum Gasteiger partial charge on any atom is -0.287 e. The fourth-order valence-corrected chi connectivity index (χ4v) is 1.75. The Morgan fingerprint density at radius 3 is 2.50 bits per heavy atom. The van der Waals surface area contributed by atoms with E-state index >= 15 is 0 Å². The van der Waals surface area contributed by atoms with E-state index in [4.69, 9.17) is 0 Å². The lowest BCUT2D eigenvalue weighted by Crippen LogP contribution is -2.28. The number of benzene rings is 1. The molecule has 4 heteroatoms. The molecule has 0 N–H and O–H groups in total. The van der Waals surface area contributed by atoms with Gasteiger partial charge in [-0.2, -0.15) is 10.1 Å². The Balaban J connectivity index is 2.29. The summed E-state index contributed by atoms with van der Waals surface area (Å²) in [6.07, 6.45) is 3.16. The van der Waals surface area contributed by atoms with Crippen molar-refractivity contribution in [2.24, 2.45) is 11.0 Å². The van der Waals surface area contributed by atoms with Gasteiger partial charge < -0.3 is 0 Å². The Morgan fingerprint density at radius 2 is 2.00 bits per heavy atom. The van der Waals surface area contributed by atoms with Gasteiger partial charge in [-0.1, -0.05) is 36.4 Å². The second-order valence-corrected chi connectivity index (χ2v) is 4.07. The number of Topliss-reactive ketones (excluding diaryl/α,β-unsaturated/α-hetero) is 1. The molecule has 0 saturated heterocycles. The van der Waals surface area contributed by atoms with Crippen LogP contribution >= 0.6 is 0 Å². The Kier molecular flexibility index (Phi) is 3.37. The topological polar surface area (TPSA) is 49.7 Å². The summed E-state index contributed by atoms with van der Waals surface area (Å²) in [5.74, 6) is -0.645. The van der Waals surface area contributed by atoms with Crippen LogP contribution in [-0.4, -0.2) is 22.9 Å². The number of hydrogen-bond acceptors (Lipinski definition) is 3. The molecule has 0 fully saturated rings. The number of ketones is 1. The molecule has 0 spiro atoms. The molecular weight excluding hydrogens is 228 g/mol. The summed E-state index contributed by atoms with van der Waals surface area (Å²) in [4.78, 5) is 24.1. The summed E-state index contributed by atoms with van der Waals surface area (Å²) in [5, 5.41) is 5.17. The first kappa shape index (κ1) is 12.2. The molecule has 1 amide bonds. The number of carbonyl (C=O) groups is 2. The molecule has 0 aromatic heterocycles. The van der Waals surface area contributed by atoms with Gasteiger partial charge in [0.25, 0.3) is 5.91 Å². The van der Waals surface area contributed by atoms with E-state index in [9.17, 15) is 9.59 Å². The van der Waals surface area contributed by atoms with E-state index < -0.39 is 0 Å². The van der Waals surface area contributed by atoms with Crippen molar-refractivity contribution in [3.63, 3.8) is 0 Å². The molecule has 18 heavy (non-hydrogen) atoms. The molecule has 1 aliphatic heterocycles. The summed E-state index contributed by atoms with van der Waals surface area (Å²) in [7, 11) is 0. The van der Waals surface area contributed by atoms with Crippen molar-refractivity contribution in [1.82, 2.24) is 5.01 Å². The fourth-order valence-electron chi connectivity index (χ4n) is 1.75. The van der Waals surface area contributed by atoms with E-state index in [2.05, 4.69) is 5.10 Å². The quantitative estimate of drug-likeness (QED) is 0.603. The molecule has 4 nitrogen and oxygen atoms in total. The number of carbonyl (C=O) groups excluding carboxylic acids is 2. The lowest BCUT2D eigenvalue weighted by atomic mass is 10.1. The van der Waals surface area contributed by atoms with Gasteiger partial charge in [0, 0.05) is 11.8 Å². The maximum Gasteiger partial charge on any atom is 0.255 e. The van der Waals surface area contributed by atoms with Gasteiger partial charge in [-0.3, -0.25) is 9.59 Å². The van der Waals surface area contributed by atoms with Gasteiger partial charge in [0.15, 0.2) is 0 Å². The summed E-state index contributed by atoms with van der Waals surface area (Å²) >= 11 is 0. The number of rotatable bonds is 3. The predicted octanol–water partition coefficient (Wildman–Crippen LogP) is 2.24. The molecule has 0 aliphatic carbocycles. The summed E-state index contributed by atoms with van der Waals surface area (Å²) in [6.45, 7) is 3.48. The molecule has 0 bridgehead atoms. The third-order valence-electron chi connectivity index (χ3n) is 2.77. The molecule has 1 aliphatic rings. The highest BCUT2D eigenvalue weighted by molar-refractivity contribution is 6.12. The first-order chi connectivity index (χ1) is 8.65. The lowest BCUT2D eigenvalue weighted by molar-refractivity contribution is -0.129. The van der Waals surface area contributed by atoms with E-state index in [-0.39, 0.29) is 17.6 Å². The van der Waals surface area contributed by atoms with Crippen LogP contribution < -0.4 is 0 Å². The second-order valence-electron chi connectivity index (χ2n) is 4.07. The van der Waals surface area contributed by atoms with E-state index in [1.807, 2.05) is 6.07 Å². The maximum atomic E-state index is 12.3. The summed E-state index contributed by atoms with van der Waals surface area (Å²) in [6, 6.07) is 8.86. The molecule has 0 saturated carbocycles. The first-order valence-electron chi connectivity index (χ1n) is 5.79. The first-order valence-corrected chi connectivity index (χ1v) is 5.79. The number of hydrazone groups is 1. The Bertz CT molecular complexity index is 532. The minimum absolute atomic E-state index is 0.174. The highest BCUT2D eigenvalue weighted by Gasteiger charge is 2.30. The number of nitrogens with zero attached hydrogens (tertiary/aromatic N) is 2. The van der Waals surface area contributed by atoms with Crippen molar-refractivity contribution in [3.05, 3.63) is 47.7 Å². The van der Waals surface area contributed by atoms with Crippen LogP contribution in [0.1, 0.15) is 24.2 Å². The zero-order valence-corrected chi connectivity index (χ0v) is 10.3. The standard InChI is InChI=1S/C14H14N2O2/c1-3-12(16-14(18)10(2)9-15-16)13(17)11-7-5-4-6-8-11/h3-10H,1-2H3. The van der Waals surface area contributed by atoms with Crippen LogP contribution in [0, 0.1) is 5.92 Å². The van der Waals surface area contributed by atoms with Crippen LogP contribution in [0.3, 0.4) is 0 Å². The highest BCUT2D eigenvalue weighted by atomic mass is 16.2. The van der Waals surface area contributed by atoms with Crippen LogP contribution in [0.2, 0.25) is 0 Å². The van der Waals surface area contributed by atoms with Crippen LogP contribution in [0.5, 0.6) is 0 Å². The lowest BCUT2D eigenvalue weighted by Gasteiger charge is -2.15. The van der Waals surface area contributed by atoms with E-state index in [0.29, 0.717) is 11.3 Å². The smallest absolute Gasteiger partial charge is 0.255 e. The summed E-state index contributed by atoms with van der Waals surface area (Å²) < 4.78 is 0. The van der Waals surface area contributed by atoms with Gasteiger partial charge in [0.2, 0.25) is 5.78 Å². The van der Waals surface area contributed by atoms with Gasteiger partial charge in [-0.05, 0) is 13.8 Å². The van der Waals surface area contributed by atoms with E-state index in [1.165, 1.54) is 5.01 Å². The molecule has 0 radical (unpaired) electrons. The average molecular weight is 242 g/mol. The van der Waals surface area contributed by atoms with Crippen molar-refractivity contribution in [3.8, 4) is 0 Å². The highest BCUT2D eigenvalue weighted by Crippen LogP contribution is 2.19. The molecule has 1 atom stereocenters. The Hall–Kier alpha value is -2.23. The van der Waals surface area contributed by atoms with Crippen LogP contribution in [0.15, 0.2) is 47.2 Å². The molecule has 1 aromatic carbocycles. The largest absolute Gasteiger partial charge is 0.287 e. The third-order valence-corrected chi connectivity index (χ3v) is 2.77. The third kappa shape index (κ3) is 2.09. The molecule has 1 unspecified atom stereocenters. The SMILES string of the molecule is CC=C(C(=O)c1ccccc1)N1N=CC(C)C1=O. The predicted molar refractivity (Wildman–Crippen MR) is 69.0 cm³/mol. The van der Waals surface area contributed by atoms with E-state index in [1.54, 1.807) is 50.4 Å².